The first-order chi connectivity index (χ1) is 29.8. The largest absolute Gasteiger partial charge is 0.490 e. The third-order valence-corrected chi connectivity index (χ3v) is 15.8. The van der Waals surface area contributed by atoms with Crippen molar-refractivity contribution in [3.63, 3.8) is 0 Å². The van der Waals surface area contributed by atoms with Gasteiger partial charge in [-0.05, 0) is 105 Å². The molecule has 3 aliphatic heterocycles. The molecule has 7 atom stereocenters. The number of hydrogen-bond donors (Lipinski definition) is 0. The van der Waals surface area contributed by atoms with Gasteiger partial charge < -0.3 is 28.7 Å². The third-order valence-electron chi connectivity index (χ3n) is 13.6. The number of rotatable bonds is 9. The summed E-state index contributed by atoms with van der Waals surface area (Å²) >= 11 is 6.51. The fourth-order valence-electron chi connectivity index (χ4n) is 9.91. The van der Waals surface area contributed by atoms with Gasteiger partial charge in [0.15, 0.2) is 0 Å². The summed E-state index contributed by atoms with van der Waals surface area (Å²) < 4.78 is 45.8. The molecule has 1 unspecified atom stereocenters. The van der Waals surface area contributed by atoms with E-state index in [0.717, 1.165) is 74.5 Å². The van der Waals surface area contributed by atoms with Crippen LogP contribution in [0.15, 0.2) is 64.1 Å². The van der Waals surface area contributed by atoms with E-state index in [4.69, 9.17) is 30.5 Å². The van der Waals surface area contributed by atoms with Crippen molar-refractivity contribution in [1.82, 2.24) is 19.6 Å². The Kier molecular flexibility index (Phi) is 13.3. The molecule has 2 aliphatic carbocycles. The molecule has 16 heteroatoms. The number of halogens is 1. The highest BCUT2D eigenvalue weighted by Gasteiger charge is 2.44. The van der Waals surface area contributed by atoms with Crippen LogP contribution in [0.3, 0.4) is 0 Å². The van der Waals surface area contributed by atoms with Crippen LogP contribution in [0, 0.1) is 17.8 Å². The van der Waals surface area contributed by atoms with Crippen molar-refractivity contribution in [1.29, 1.82) is 0 Å². The number of carbonyl (C=O) groups excluding carboxylic acids is 2. The highest BCUT2D eigenvalue weighted by atomic mass is 35.5. The van der Waals surface area contributed by atoms with Crippen molar-refractivity contribution >= 4 is 44.4 Å². The number of carbonyl (C=O) groups is 2. The molecule has 1 saturated heterocycles. The van der Waals surface area contributed by atoms with Crippen LogP contribution in [0.25, 0.3) is 0 Å². The summed E-state index contributed by atoms with van der Waals surface area (Å²) in [6, 6.07) is 12.1. The van der Waals surface area contributed by atoms with E-state index >= 15 is 4.21 Å². The SMILES string of the molecule is COc1nn(C)cc1C(=O)/N=C/S1(=O)=NC(=O)c2ccc3c(c2)N(C[C@@H]2CC[C@H]2[C@@H](OC)/C=C/[C@H](OCCN2CC(N(C)C)C2)[C@H](C)C1)C[C@@]1(CCCc2cc(Cl)ccc21)CO3. The van der Waals surface area contributed by atoms with Crippen LogP contribution < -0.4 is 14.4 Å². The Labute approximate surface area is 370 Å². The van der Waals surface area contributed by atoms with Gasteiger partial charge in [-0.1, -0.05) is 36.7 Å². The number of anilines is 1. The fraction of sp³-hybridized carbons (Fsp3) is 0.565. The number of aryl methyl sites for hydroxylation is 2. The monoisotopic (exact) mass is 889 g/mol. The predicted molar refractivity (Wildman–Crippen MR) is 242 cm³/mol. The van der Waals surface area contributed by atoms with Crippen LogP contribution >= 0.6 is 11.6 Å². The van der Waals surface area contributed by atoms with Gasteiger partial charge in [0, 0.05) is 80.9 Å². The number of benzene rings is 2. The number of methoxy groups -OCH3 is 2. The molecule has 62 heavy (non-hydrogen) atoms. The normalized spacial score (nSPS) is 29.8. The number of hydrogen-bond acceptors (Lipinski definition) is 11. The topological polar surface area (TPSA) is 140 Å². The number of amides is 2. The van der Waals surface area contributed by atoms with E-state index in [9.17, 15) is 9.59 Å². The van der Waals surface area contributed by atoms with E-state index in [1.54, 1.807) is 20.2 Å². The Balaban J connectivity index is 1.17. The van der Waals surface area contributed by atoms with Gasteiger partial charge in [0.1, 0.15) is 16.9 Å². The van der Waals surface area contributed by atoms with Gasteiger partial charge >= 0.3 is 0 Å². The van der Waals surface area contributed by atoms with Crippen LogP contribution in [-0.4, -0.2) is 139 Å². The maximum Gasteiger partial charge on any atom is 0.285 e. The van der Waals surface area contributed by atoms with Gasteiger partial charge in [0.05, 0.1) is 47.9 Å². The second kappa shape index (κ2) is 18.5. The Morgan fingerprint density at radius 1 is 1.11 bits per heavy atom. The summed E-state index contributed by atoms with van der Waals surface area (Å²) in [6.45, 7) is 6.97. The summed E-state index contributed by atoms with van der Waals surface area (Å²) in [4.78, 5) is 39.0. The number of nitrogens with zero attached hydrogens (tertiary/aromatic N) is 7. The number of likely N-dealkylation sites (N-methyl/N-ethyl adjacent to an activating group) is 1. The number of aromatic nitrogens is 2. The predicted octanol–water partition coefficient (Wildman–Crippen LogP) is 5.91. The van der Waals surface area contributed by atoms with E-state index in [1.165, 1.54) is 29.1 Å². The van der Waals surface area contributed by atoms with E-state index in [0.29, 0.717) is 37.5 Å². The highest BCUT2D eigenvalue weighted by Crippen LogP contribution is 2.47. The lowest BCUT2D eigenvalue weighted by Gasteiger charge is -2.46. The molecule has 3 aromatic rings. The smallest absolute Gasteiger partial charge is 0.285 e. The second-order valence-corrected chi connectivity index (χ2v) is 20.6. The van der Waals surface area contributed by atoms with Gasteiger partial charge in [-0.2, -0.15) is 4.36 Å². The molecule has 8 rings (SSSR count). The van der Waals surface area contributed by atoms with Crippen molar-refractivity contribution in [2.24, 2.45) is 34.2 Å². The standard InChI is InChI=1S/C46H60ClN7O7S/c1-30-26-62(57,29-48-44(56)37-25-52(4)49-45(37)59-6)50-43(55)32-10-14-42-39(21-32)54(27-46(28-61-42)17-7-8-31-20-34(47)11-13-38(31)46)22-33-9-12-36(33)41(58-5)16-15-40(30)60-19-18-53-23-35(24-53)51(2)3/h10-11,13-16,20-21,25,29-30,33,35-36,40-41H,7-9,12,17-19,22-24,26-28H2,1-6H3/b16-15+,48-29+/t30-,33+,36-,40+,41+,46+,62?/m1/s1. The Morgan fingerprint density at radius 3 is 2.66 bits per heavy atom. The van der Waals surface area contributed by atoms with Gasteiger partial charge in [0.25, 0.3) is 11.8 Å². The molecule has 2 fully saturated rings. The molecule has 0 radical (unpaired) electrons. The maximum absolute atomic E-state index is 15.1. The molecule has 4 heterocycles. The molecule has 1 saturated carbocycles. The van der Waals surface area contributed by atoms with Crippen LogP contribution in [0.2, 0.25) is 5.02 Å². The quantitative estimate of drug-likeness (QED) is 0.144. The fourth-order valence-corrected chi connectivity index (χ4v) is 11.9. The van der Waals surface area contributed by atoms with Crippen LogP contribution in [0.4, 0.5) is 5.69 Å². The van der Waals surface area contributed by atoms with Crippen LogP contribution in [0.1, 0.15) is 64.4 Å². The number of aliphatic imine (C=N–C) groups is 1. The lowest BCUT2D eigenvalue weighted by atomic mass is 9.68. The van der Waals surface area contributed by atoms with Crippen molar-refractivity contribution in [3.8, 4) is 11.6 Å². The minimum absolute atomic E-state index is 0.0853. The average molecular weight is 891 g/mol. The number of likely N-dealkylation sites (tertiary alicyclic amines) is 1. The summed E-state index contributed by atoms with van der Waals surface area (Å²) in [5.41, 5.74) is 4.40. The molecule has 14 nitrogen and oxygen atoms in total. The Hall–Kier alpha value is -4.12. The van der Waals surface area contributed by atoms with E-state index < -0.39 is 33.6 Å². The number of ether oxygens (including phenoxy) is 4. The minimum Gasteiger partial charge on any atom is -0.490 e. The lowest BCUT2D eigenvalue weighted by molar-refractivity contribution is 0.000483. The molecule has 2 bridgehead atoms. The van der Waals surface area contributed by atoms with E-state index in [1.807, 2.05) is 31.2 Å². The van der Waals surface area contributed by atoms with Crippen molar-refractivity contribution in [2.75, 3.05) is 84.9 Å². The summed E-state index contributed by atoms with van der Waals surface area (Å²) in [6.07, 6.45) is 9.91. The Morgan fingerprint density at radius 2 is 1.92 bits per heavy atom. The summed E-state index contributed by atoms with van der Waals surface area (Å²) in [7, 11) is 5.41. The molecule has 0 N–H and O–H groups in total. The molecule has 2 amide bonds. The molecule has 334 valence electrons. The molecular formula is C46H60ClN7O7S. The average Bonchev–Trinajstić information content (AvgIpc) is 3.53. The van der Waals surface area contributed by atoms with Crippen LogP contribution in [0.5, 0.6) is 11.6 Å². The molecule has 5 aliphatic rings. The molecule has 2 aromatic carbocycles. The van der Waals surface area contributed by atoms with E-state index in [-0.39, 0.29) is 40.2 Å². The zero-order valence-electron chi connectivity index (χ0n) is 36.7. The summed E-state index contributed by atoms with van der Waals surface area (Å²) in [5.74, 6) is -0.559. The van der Waals surface area contributed by atoms with E-state index in [2.05, 4.69) is 61.5 Å². The van der Waals surface area contributed by atoms with Crippen LogP contribution in [-0.2, 0) is 38.1 Å². The third kappa shape index (κ3) is 9.39. The maximum atomic E-state index is 15.1. The van der Waals surface area contributed by atoms with Gasteiger partial charge in [-0.3, -0.25) is 19.2 Å². The van der Waals surface area contributed by atoms with Gasteiger partial charge in [-0.15, -0.1) is 5.10 Å². The molecule has 1 aromatic heterocycles. The first-order valence-corrected chi connectivity index (χ1v) is 23.9. The van der Waals surface area contributed by atoms with Crippen molar-refractivity contribution in [3.05, 3.63) is 82.0 Å². The number of fused-ring (bicyclic) bond motifs is 4. The van der Waals surface area contributed by atoms with Gasteiger partial charge in [-0.25, -0.2) is 9.20 Å². The zero-order chi connectivity index (χ0) is 43.8. The Bertz CT molecular complexity index is 2340. The minimum atomic E-state index is -3.62. The molecular weight excluding hydrogens is 830 g/mol. The molecule has 1 spiro atoms. The van der Waals surface area contributed by atoms with Gasteiger partial charge in [0.2, 0.25) is 5.88 Å². The highest BCUT2D eigenvalue weighted by molar-refractivity contribution is 8.06. The lowest BCUT2D eigenvalue weighted by Crippen LogP contribution is -2.57. The first-order valence-electron chi connectivity index (χ1n) is 21.7. The zero-order valence-corrected chi connectivity index (χ0v) is 38.3. The summed E-state index contributed by atoms with van der Waals surface area (Å²) in [5, 5.41) is 4.89. The van der Waals surface area contributed by atoms with Crippen molar-refractivity contribution < 1.29 is 32.7 Å². The second-order valence-electron chi connectivity index (χ2n) is 18.1. The first kappa shape index (κ1) is 44.5. The van der Waals surface area contributed by atoms with Crippen molar-refractivity contribution in [2.45, 2.75) is 62.7 Å².